The van der Waals surface area contributed by atoms with Crippen LogP contribution in [0.2, 0.25) is 0 Å². The minimum Gasteiger partial charge on any atom is -0.390 e. The average Bonchev–Trinajstić information content (AvgIpc) is 2.80. The van der Waals surface area contributed by atoms with Gasteiger partial charge in [-0.2, -0.15) is 0 Å². The highest BCUT2D eigenvalue weighted by atomic mass is 19.1. The van der Waals surface area contributed by atoms with E-state index in [1.54, 1.807) is 6.92 Å². The number of rotatable bonds is 10. The molecule has 0 amide bonds. The molecule has 10 heteroatoms. The summed E-state index contributed by atoms with van der Waals surface area (Å²) in [7, 11) is 0. The summed E-state index contributed by atoms with van der Waals surface area (Å²) in [6, 6.07) is 6.10. The molecule has 0 spiro atoms. The molecule has 186 valence electrons. The second-order valence-electron chi connectivity index (χ2n) is 8.64. The summed E-state index contributed by atoms with van der Waals surface area (Å²) >= 11 is 0. The highest BCUT2D eigenvalue weighted by molar-refractivity contribution is 5.85. The van der Waals surface area contributed by atoms with Crippen molar-refractivity contribution >= 4 is 17.7 Å². The minimum absolute atomic E-state index is 0.0863. The molecule has 2 heterocycles. The predicted molar refractivity (Wildman–Crippen MR) is 130 cm³/mol. The van der Waals surface area contributed by atoms with Gasteiger partial charge in [-0.3, -0.25) is 9.36 Å². The van der Waals surface area contributed by atoms with Crippen LogP contribution in [0.15, 0.2) is 47.5 Å². The van der Waals surface area contributed by atoms with Crippen molar-refractivity contribution in [2.45, 2.75) is 51.8 Å². The van der Waals surface area contributed by atoms with Crippen molar-refractivity contribution in [1.82, 2.24) is 9.55 Å². The van der Waals surface area contributed by atoms with Crippen LogP contribution in [0.25, 0.3) is 5.69 Å². The summed E-state index contributed by atoms with van der Waals surface area (Å²) in [5.41, 5.74) is -1.80. The van der Waals surface area contributed by atoms with Gasteiger partial charge < -0.3 is 21.1 Å². The number of hydrogen-bond donors (Lipinski definition) is 4. The second-order valence-corrected chi connectivity index (χ2v) is 8.64. The number of hydrogen-bond acceptors (Lipinski definition) is 6. The summed E-state index contributed by atoms with van der Waals surface area (Å²) in [5, 5.41) is 23.8. The van der Waals surface area contributed by atoms with Crippen molar-refractivity contribution in [1.29, 1.82) is 5.41 Å². The Hall–Kier alpha value is -3.66. The molecule has 4 N–H and O–H groups in total. The second kappa shape index (κ2) is 10.7. The molecule has 0 saturated heterocycles. The lowest BCUT2D eigenvalue weighted by Crippen LogP contribution is -2.31. The fourth-order valence-electron chi connectivity index (χ4n) is 3.72. The summed E-state index contributed by atoms with van der Waals surface area (Å²) in [4.78, 5) is 17.1. The number of nitrogens with one attached hydrogen (secondary N) is 3. The van der Waals surface area contributed by atoms with Crippen molar-refractivity contribution in [3.63, 3.8) is 0 Å². The quantitative estimate of drug-likeness (QED) is 0.313. The smallest absolute Gasteiger partial charge is 0.266 e. The van der Waals surface area contributed by atoms with Gasteiger partial charge in [-0.25, -0.2) is 18.2 Å². The van der Waals surface area contributed by atoms with E-state index < -0.39 is 28.6 Å². The van der Waals surface area contributed by atoms with Gasteiger partial charge >= 0.3 is 0 Å². The predicted octanol–water partition coefficient (Wildman–Crippen LogP) is 4.61. The largest absolute Gasteiger partial charge is 0.390 e. The first kappa shape index (κ1) is 26.0. The van der Waals surface area contributed by atoms with Crippen molar-refractivity contribution in [3.05, 3.63) is 81.7 Å². The molecule has 7 nitrogen and oxygen atoms in total. The molecule has 0 bridgehead atoms. The van der Waals surface area contributed by atoms with E-state index in [0.29, 0.717) is 18.7 Å². The van der Waals surface area contributed by atoms with Crippen LogP contribution in [0, 0.1) is 22.9 Å². The molecule has 3 aromatic rings. The maximum atomic E-state index is 14.6. The van der Waals surface area contributed by atoms with E-state index >= 15 is 0 Å². The van der Waals surface area contributed by atoms with Gasteiger partial charge in [-0.15, -0.1) is 0 Å². The number of pyridine rings is 2. The van der Waals surface area contributed by atoms with Crippen LogP contribution in [0.1, 0.15) is 44.7 Å². The van der Waals surface area contributed by atoms with Crippen LogP contribution in [-0.4, -0.2) is 32.5 Å². The Kier molecular flexibility index (Phi) is 7.96. The molecule has 0 saturated carbocycles. The van der Waals surface area contributed by atoms with E-state index in [0.717, 1.165) is 29.1 Å². The minimum atomic E-state index is -0.876. The average molecular weight is 488 g/mol. The lowest BCUT2D eigenvalue weighted by molar-refractivity contribution is 0.0435. The highest BCUT2D eigenvalue weighted by Gasteiger charge is 2.22. The third-order valence-electron chi connectivity index (χ3n) is 5.79. The van der Waals surface area contributed by atoms with Crippen LogP contribution in [-0.2, 0) is 6.54 Å². The number of benzene rings is 1. The fraction of sp³-hybridized carbons (Fsp3) is 0.320. The zero-order chi connectivity index (χ0) is 25.8. The Morgan fingerprint density at radius 3 is 2.54 bits per heavy atom. The molecular formula is C25H28F3N5O2. The lowest BCUT2D eigenvalue weighted by Gasteiger charge is -2.26. The van der Waals surface area contributed by atoms with Crippen LogP contribution >= 0.6 is 0 Å². The molecule has 0 fully saturated rings. The topological polar surface area (TPSA) is 103 Å². The van der Waals surface area contributed by atoms with E-state index in [1.807, 2.05) is 13.8 Å². The highest BCUT2D eigenvalue weighted by Crippen LogP contribution is 2.22. The van der Waals surface area contributed by atoms with Crippen LogP contribution < -0.4 is 16.2 Å². The van der Waals surface area contributed by atoms with E-state index in [1.165, 1.54) is 24.4 Å². The van der Waals surface area contributed by atoms with Gasteiger partial charge in [0.25, 0.3) is 5.56 Å². The van der Waals surface area contributed by atoms with E-state index in [2.05, 4.69) is 15.6 Å². The van der Waals surface area contributed by atoms with E-state index in [4.69, 9.17) is 5.41 Å². The van der Waals surface area contributed by atoms with Crippen molar-refractivity contribution in [3.8, 4) is 5.69 Å². The molecular weight excluding hydrogens is 459 g/mol. The van der Waals surface area contributed by atoms with Crippen LogP contribution in [0.4, 0.5) is 24.7 Å². The summed E-state index contributed by atoms with van der Waals surface area (Å²) < 4.78 is 43.5. The third kappa shape index (κ3) is 6.07. The summed E-state index contributed by atoms with van der Waals surface area (Å²) in [6.45, 7) is 5.20. The molecule has 2 unspecified atom stereocenters. The summed E-state index contributed by atoms with van der Waals surface area (Å²) in [5.74, 6) is -1.93. The van der Waals surface area contributed by atoms with Crippen molar-refractivity contribution in [2.75, 3.05) is 10.6 Å². The van der Waals surface area contributed by atoms with Crippen LogP contribution in [0.3, 0.4) is 0 Å². The summed E-state index contributed by atoms with van der Waals surface area (Å²) in [6.07, 6.45) is 4.08. The first-order valence-corrected chi connectivity index (χ1v) is 11.1. The van der Waals surface area contributed by atoms with Gasteiger partial charge in [0.2, 0.25) is 0 Å². The Labute approximate surface area is 201 Å². The molecule has 3 rings (SSSR count). The lowest BCUT2D eigenvalue weighted by atomic mass is 9.95. The zero-order valence-electron chi connectivity index (χ0n) is 19.7. The Balaban J connectivity index is 1.89. The maximum absolute atomic E-state index is 14.6. The third-order valence-corrected chi connectivity index (χ3v) is 5.79. The number of nitrogens with zero attached hydrogens (tertiary/aromatic N) is 2. The normalized spacial score (nSPS) is 13.7. The first-order valence-electron chi connectivity index (χ1n) is 11.1. The molecule has 0 aliphatic rings. The van der Waals surface area contributed by atoms with Gasteiger partial charge in [-0.1, -0.05) is 13.0 Å². The Morgan fingerprint density at radius 1 is 1.23 bits per heavy atom. The van der Waals surface area contributed by atoms with Gasteiger partial charge in [0.15, 0.2) is 5.82 Å². The number of aliphatic hydroxyl groups is 1. The molecule has 1 aromatic carbocycles. The number of aromatic nitrogens is 2. The molecule has 0 aliphatic carbocycles. The molecule has 0 radical (unpaired) electrons. The fourth-order valence-corrected chi connectivity index (χ4v) is 3.72. The van der Waals surface area contributed by atoms with Gasteiger partial charge in [0.05, 0.1) is 28.7 Å². The monoisotopic (exact) mass is 487 g/mol. The van der Waals surface area contributed by atoms with Crippen molar-refractivity contribution < 1.29 is 18.3 Å². The first-order chi connectivity index (χ1) is 16.6. The Morgan fingerprint density at radius 2 is 1.91 bits per heavy atom. The number of anilines is 2. The van der Waals surface area contributed by atoms with E-state index in [-0.39, 0.29) is 35.1 Å². The molecule has 0 aliphatic heterocycles. The SMILES string of the molecule is CCC(C)(O)CC(C)Nc1cc(-n2ccc(NCc3c(F)cccc3F)c(C=N)c2=O)c(F)cn1. The Bertz CT molecular complexity index is 1260. The van der Waals surface area contributed by atoms with Gasteiger partial charge in [-0.05, 0) is 44.9 Å². The zero-order valence-corrected chi connectivity index (χ0v) is 19.7. The van der Waals surface area contributed by atoms with Gasteiger partial charge in [0.1, 0.15) is 17.5 Å². The molecule has 2 atom stereocenters. The number of halogens is 3. The molecule has 2 aromatic heterocycles. The molecule has 35 heavy (non-hydrogen) atoms. The standard InChI is InChI=1S/C25H28F3N5O2/c1-4-25(3,35)11-15(2)32-23-10-22(20(28)14-31-23)33-9-8-21(16(12-29)24(33)34)30-13-17-18(26)6-5-7-19(17)27/h5-10,12,14-15,29-30,35H,4,11,13H2,1-3H3,(H,31,32). The maximum Gasteiger partial charge on any atom is 0.266 e. The van der Waals surface area contributed by atoms with E-state index in [9.17, 15) is 23.1 Å². The van der Waals surface area contributed by atoms with Gasteiger partial charge in [0, 0.05) is 36.6 Å². The van der Waals surface area contributed by atoms with Crippen molar-refractivity contribution in [2.24, 2.45) is 0 Å². The van der Waals surface area contributed by atoms with Crippen LogP contribution in [0.5, 0.6) is 0 Å².